The quantitative estimate of drug-likeness (QED) is 0.684. The monoisotopic (exact) mass is 172 g/mol. The summed E-state index contributed by atoms with van der Waals surface area (Å²) in [7, 11) is 0. The summed E-state index contributed by atoms with van der Waals surface area (Å²) in [6, 6.07) is 1.63. The first kappa shape index (κ1) is 8.30. The molecule has 0 spiro atoms. The zero-order chi connectivity index (χ0) is 8.27. The Hall–Kier alpha value is -0.800. The van der Waals surface area contributed by atoms with E-state index in [9.17, 15) is 4.79 Å². The van der Waals surface area contributed by atoms with E-state index in [1.54, 1.807) is 12.3 Å². The Morgan fingerprint density at radius 1 is 1.64 bits per heavy atom. The van der Waals surface area contributed by atoms with E-state index in [0.717, 1.165) is 12.0 Å². The van der Waals surface area contributed by atoms with Gasteiger partial charge < -0.3 is 10.7 Å². The maximum Gasteiger partial charge on any atom is 0.266 e. The van der Waals surface area contributed by atoms with Gasteiger partial charge in [0.1, 0.15) is 5.02 Å². The summed E-state index contributed by atoms with van der Waals surface area (Å²) in [4.78, 5) is 13.3. The number of rotatable bonds is 2. The third kappa shape index (κ3) is 2.06. The van der Waals surface area contributed by atoms with Crippen LogP contribution >= 0.6 is 11.6 Å². The van der Waals surface area contributed by atoms with Gasteiger partial charge in [0, 0.05) is 6.20 Å². The molecule has 11 heavy (non-hydrogen) atoms. The van der Waals surface area contributed by atoms with E-state index < -0.39 is 0 Å². The highest BCUT2D eigenvalue weighted by molar-refractivity contribution is 6.30. The van der Waals surface area contributed by atoms with Crippen molar-refractivity contribution in [1.82, 2.24) is 4.98 Å². The molecular formula is C7H9ClN2O. The Kier molecular flexibility index (Phi) is 2.68. The molecule has 0 radical (unpaired) electrons. The standard InChI is InChI=1S/C7H9ClN2O/c8-6-3-5(1-2-9)4-10-7(6)11/h3-4H,1-2,9H2,(H,10,11). The summed E-state index contributed by atoms with van der Waals surface area (Å²) in [6.07, 6.45) is 2.36. The van der Waals surface area contributed by atoms with Gasteiger partial charge in [-0.25, -0.2) is 0 Å². The van der Waals surface area contributed by atoms with Crippen molar-refractivity contribution in [3.8, 4) is 0 Å². The average molecular weight is 173 g/mol. The van der Waals surface area contributed by atoms with Crippen molar-refractivity contribution in [2.24, 2.45) is 5.73 Å². The third-order valence-corrected chi connectivity index (χ3v) is 1.63. The minimum Gasteiger partial charge on any atom is -0.330 e. The molecule has 0 amide bonds. The minimum atomic E-state index is -0.257. The van der Waals surface area contributed by atoms with Crippen LogP contribution in [0.5, 0.6) is 0 Å². The summed E-state index contributed by atoms with van der Waals surface area (Å²) in [5.74, 6) is 0. The number of nitrogens with two attached hydrogens (primary N) is 1. The normalized spacial score (nSPS) is 10.0. The van der Waals surface area contributed by atoms with E-state index in [1.165, 1.54) is 0 Å². The predicted molar refractivity (Wildman–Crippen MR) is 44.8 cm³/mol. The van der Waals surface area contributed by atoms with Crippen molar-refractivity contribution in [2.75, 3.05) is 6.54 Å². The molecule has 3 N–H and O–H groups in total. The number of pyridine rings is 1. The summed E-state index contributed by atoms with van der Waals surface area (Å²) in [5, 5.41) is 0.218. The molecule has 0 bridgehead atoms. The molecule has 3 nitrogen and oxygen atoms in total. The van der Waals surface area contributed by atoms with Gasteiger partial charge in [0.25, 0.3) is 5.56 Å². The molecule has 0 aliphatic carbocycles. The Labute approximate surface area is 69.2 Å². The van der Waals surface area contributed by atoms with Gasteiger partial charge in [-0.3, -0.25) is 4.79 Å². The van der Waals surface area contributed by atoms with Crippen molar-refractivity contribution in [2.45, 2.75) is 6.42 Å². The highest BCUT2D eigenvalue weighted by Gasteiger charge is 1.96. The lowest BCUT2D eigenvalue weighted by atomic mass is 10.2. The van der Waals surface area contributed by atoms with Crippen LogP contribution in [-0.4, -0.2) is 11.5 Å². The fourth-order valence-electron chi connectivity index (χ4n) is 0.808. The summed E-state index contributed by atoms with van der Waals surface area (Å²) < 4.78 is 0. The maximum absolute atomic E-state index is 10.8. The Bertz CT molecular complexity index is 295. The van der Waals surface area contributed by atoms with Gasteiger partial charge in [-0.1, -0.05) is 11.6 Å². The lowest BCUT2D eigenvalue weighted by Gasteiger charge is -1.96. The van der Waals surface area contributed by atoms with Gasteiger partial charge in [-0.15, -0.1) is 0 Å². The number of hydrogen-bond acceptors (Lipinski definition) is 2. The lowest BCUT2D eigenvalue weighted by Crippen LogP contribution is -2.09. The first-order valence-electron chi connectivity index (χ1n) is 3.31. The second-order valence-electron chi connectivity index (χ2n) is 2.22. The van der Waals surface area contributed by atoms with E-state index in [-0.39, 0.29) is 10.6 Å². The van der Waals surface area contributed by atoms with Crippen LogP contribution in [0, 0.1) is 0 Å². The predicted octanol–water partition coefficient (Wildman–Crippen LogP) is 0.529. The summed E-state index contributed by atoms with van der Waals surface area (Å²) >= 11 is 5.56. The van der Waals surface area contributed by atoms with Crippen LogP contribution in [-0.2, 0) is 6.42 Å². The first-order valence-corrected chi connectivity index (χ1v) is 3.69. The fraction of sp³-hybridized carbons (Fsp3) is 0.286. The van der Waals surface area contributed by atoms with Gasteiger partial charge in [0.2, 0.25) is 0 Å². The molecular weight excluding hydrogens is 164 g/mol. The first-order chi connectivity index (χ1) is 5.24. The van der Waals surface area contributed by atoms with Crippen LogP contribution in [0.2, 0.25) is 5.02 Å². The second-order valence-corrected chi connectivity index (χ2v) is 2.63. The summed E-state index contributed by atoms with van der Waals surface area (Å²) in [5.41, 5.74) is 6.01. The SMILES string of the molecule is NCCc1c[nH]c(=O)c(Cl)c1. The molecule has 0 fully saturated rings. The van der Waals surface area contributed by atoms with E-state index in [1.807, 2.05) is 0 Å². The third-order valence-electron chi connectivity index (χ3n) is 1.35. The van der Waals surface area contributed by atoms with Crippen LogP contribution in [0.15, 0.2) is 17.1 Å². The van der Waals surface area contributed by atoms with Crippen LogP contribution in [0.4, 0.5) is 0 Å². The smallest absolute Gasteiger partial charge is 0.266 e. The number of halogens is 1. The average Bonchev–Trinajstić information content (AvgIpc) is 1.98. The number of H-pyrrole nitrogens is 1. The van der Waals surface area contributed by atoms with Crippen molar-refractivity contribution in [3.63, 3.8) is 0 Å². The molecule has 4 heteroatoms. The molecule has 0 aliphatic rings. The molecule has 60 valence electrons. The van der Waals surface area contributed by atoms with Crippen LogP contribution in [0.1, 0.15) is 5.56 Å². The fourth-order valence-corrected chi connectivity index (χ4v) is 1.00. The largest absolute Gasteiger partial charge is 0.330 e. The number of nitrogens with one attached hydrogen (secondary N) is 1. The second kappa shape index (κ2) is 3.55. The Balaban J connectivity index is 2.96. The van der Waals surface area contributed by atoms with E-state index in [0.29, 0.717) is 6.54 Å². The molecule has 0 unspecified atom stereocenters. The molecule has 0 saturated carbocycles. The number of aromatic nitrogens is 1. The topological polar surface area (TPSA) is 58.9 Å². The van der Waals surface area contributed by atoms with Gasteiger partial charge in [-0.2, -0.15) is 0 Å². The molecule has 0 atom stereocenters. The van der Waals surface area contributed by atoms with Crippen LogP contribution in [0.25, 0.3) is 0 Å². The van der Waals surface area contributed by atoms with Crippen molar-refractivity contribution >= 4 is 11.6 Å². The van der Waals surface area contributed by atoms with Crippen LogP contribution < -0.4 is 11.3 Å². The minimum absolute atomic E-state index is 0.218. The Morgan fingerprint density at radius 2 is 2.36 bits per heavy atom. The van der Waals surface area contributed by atoms with Gasteiger partial charge >= 0.3 is 0 Å². The molecule has 1 heterocycles. The van der Waals surface area contributed by atoms with Crippen molar-refractivity contribution < 1.29 is 0 Å². The highest BCUT2D eigenvalue weighted by atomic mass is 35.5. The zero-order valence-corrected chi connectivity index (χ0v) is 6.69. The van der Waals surface area contributed by atoms with Gasteiger partial charge in [0.15, 0.2) is 0 Å². The highest BCUT2D eigenvalue weighted by Crippen LogP contribution is 2.03. The molecule has 0 aliphatic heterocycles. The molecule has 0 saturated heterocycles. The summed E-state index contributed by atoms with van der Waals surface area (Å²) in [6.45, 7) is 0.558. The molecule has 1 aromatic rings. The van der Waals surface area contributed by atoms with Gasteiger partial charge in [0.05, 0.1) is 0 Å². The lowest BCUT2D eigenvalue weighted by molar-refractivity contribution is 0.955. The van der Waals surface area contributed by atoms with E-state index in [2.05, 4.69) is 4.98 Å². The molecule has 1 rings (SSSR count). The Morgan fingerprint density at radius 3 is 2.91 bits per heavy atom. The van der Waals surface area contributed by atoms with Crippen molar-refractivity contribution in [3.05, 3.63) is 33.2 Å². The van der Waals surface area contributed by atoms with E-state index in [4.69, 9.17) is 17.3 Å². The van der Waals surface area contributed by atoms with Crippen LogP contribution in [0.3, 0.4) is 0 Å². The van der Waals surface area contributed by atoms with E-state index >= 15 is 0 Å². The number of hydrogen-bond donors (Lipinski definition) is 2. The molecule has 0 aromatic carbocycles. The molecule has 1 aromatic heterocycles. The number of aromatic amines is 1. The van der Waals surface area contributed by atoms with Crippen molar-refractivity contribution in [1.29, 1.82) is 0 Å². The van der Waals surface area contributed by atoms with Gasteiger partial charge in [-0.05, 0) is 24.6 Å². The zero-order valence-electron chi connectivity index (χ0n) is 5.93. The maximum atomic E-state index is 10.8.